The standard InChI is InChI=1S/C27H24F3N5O4S2/c1-15-10-20(34-23(11-15)35-22-13-18(7-9-32-22)41(37,38)27(28,29)30)21-14-33-25(40-21)26(31)8-3-4-16-12-17(24(36)39-2)5-6-19(16)26/h5-7,9-14H,3-4,8,31H2,1-2H3,(H,32,34,35). The van der Waals surface area contributed by atoms with Crippen molar-refractivity contribution in [3.05, 3.63) is 82.1 Å². The van der Waals surface area contributed by atoms with Gasteiger partial charge in [-0.05, 0) is 79.3 Å². The molecule has 1 atom stereocenters. The van der Waals surface area contributed by atoms with Gasteiger partial charge in [0.1, 0.15) is 16.6 Å². The largest absolute Gasteiger partial charge is 0.501 e. The number of nitrogens with one attached hydrogen (secondary N) is 1. The summed E-state index contributed by atoms with van der Waals surface area (Å²) in [6.07, 6.45) is 4.86. The number of esters is 1. The van der Waals surface area contributed by atoms with E-state index in [4.69, 9.17) is 10.5 Å². The topological polar surface area (TPSA) is 137 Å². The zero-order chi connectivity index (χ0) is 29.6. The minimum Gasteiger partial charge on any atom is -0.465 e. The van der Waals surface area contributed by atoms with Crippen molar-refractivity contribution in [3.8, 4) is 10.6 Å². The van der Waals surface area contributed by atoms with Crippen LogP contribution in [-0.2, 0) is 26.5 Å². The minimum absolute atomic E-state index is 0.115. The first-order valence-corrected chi connectivity index (χ1v) is 14.6. The minimum atomic E-state index is -5.54. The van der Waals surface area contributed by atoms with Crippen LogP contribution in [0.15, 0.2) is 59.8 Å². The average Bonchev–Trinajstić information content (AvgIpc) is 3.43. The van der Waals surface area contributed by atoms with Crippen molar-refractivity contribution >= 4 is 38.8 Å². The first-order chi connectivity index (χ1) is 19.3. The molecule has 0 amide bonds. The lowest BCUT2D eigenvalue weighted by Crippen LogP contribution is -2.41. The van der Waals surface area contributed by atoms with E-state index in [2.05, 4.69) is 20.3 Å². The lowest BCUT2D eigenvalue weighted by Gasteiger charge is -2.34. The van der Waals surface area contributed by atoms with Gasteiger partial charge in [-0.25, -0.2) is 28.2 Å². The van der Waals surface area contributed by atoms with Gasteiger partial charge in [0.25, 0.3) is 9.84 Å². The van der Waals surface area contributed by atoms with Gasteiger partial charge in [0.2, 0.25) is 0 Å². The highest BCUT2D eigenvalue weighted by Gasteiger charge is 2.47. The maximum Gasteiger partial charge on any atom is 0.501 e. The quantitative estimate of drug-likeness (QED) is 0.282. The van der Waals surface area contributed by atoms with Gasteiger partial charge >= 0.3 is 11.5 Å². The number of ether oxygens (including phenoxy) is 1. The third-order valence-corrected chi connectivity index (χ3v) is 9.42. The Hall–Kier alpha value is -3.88. The number of thiazole rings is 1. The number of sulfone groups is 1. The number of aryl methyl sites for hydroxylation is 2. The molecule has 4 aromatic rings. The summed E-state index contributed by atoms with van der Waals surface area (Å²) in [5.74, 6) is -0.281. The van der Waals surface area contributed by atoms with Crippen LogP contribution in [0.3, 0.4) is 0 Å². The summed E-state index contributed by atoms with van der Waals surface area (Å²) < 4.78 is 67.5. The summed E-state index contributed by atoms with van der Waals surface area (Å²) in [6.45, 7) is 1.82. The number of rotatable bonds is 6. The fourth-order valence-corrected chi connectivity index (χ4v) is 6.56. The second-order valence-electron chi connectivity index (χ2n) is 9.58. The zero-order valence-electron chi connectivity index (χ0n) is 21.8. The second-order valence-corrected chi connectivity index (χ2v) is 12.6. The Balaban J connectivity index is 1.45. The van der Waals surface area contributed by atoms with Crippen molar-refractivity contribution in [3.63, 3.8) is 0 Å². The summed E-state index contributed by atoms with van der Waals surface area (Å²) >= 11 is 1.36. The molecule has 1 aliphatic carbocycles. The fraction of sp³-hybridized carbons (Fsp3) is 0.259. The van der Waals surface area contributed by atoms with Gasteiger partial charge < -0.3 is 15.8 Å². The van der Waals surface area contributed by atoms with Crippen molar-refractivity contribution < 1.29 is 31.1 Å². The SMILES string of the molecule is COC(=O)c1ccc2c(c1)CCCC2(N)c1ncc(-c2cc(C)cc(Nc3cc(S(=O)(=O)C(F)(F)F)ccn3)n2)s1. The van der Waals surface area contributed by atoms with E-state index in [1.54, 1.807) is 24.4 Å². The summed E-state index contributed by atoms with van der Waals surface area (Å²) in [5.41, 5.74) is 4.26. The van der Waals surface area contributed by atoms with Crippen molar-refractivity contribution in [2.24, 2.45) is 5.73 Å². The van der Waals surface area contributed by atoms with E-state index in [0.717, 1.165) is 47.9 Å². The van der Waals surface area contributed by atoms with E-state index in [1.807, 2.05) is 19.1 Å². The highest BCUT2D eigenvalue weighted by Crippen LogP contribution is 2.42. The number of benzene rings is 1. The lowest BCUT2D eigenvalue weighted by atomic mass is 9.77. The Bertz CT molecular complexity index is 1760. The van der Waals surface area contributed by atoms with Crippen molar-refractivity contribution in [1.29, 1.82) is 0 Å². The Kier molecular flexibility index (Phi) is 7.34. The van der Waals surface area contributed by atoms with E-state index in [9.17, 15) is 26.4 Å². The Morgan fingerprint density at radius 2 is 1.90 bits per heavy atom. The van der Waals surface area contributed by atoms with Crippen LogP contribution in [0.5, 0.6) is 0 Å². The summed E-state index contributed by atoms with van der Waals surface area (Å²) in [5, 5.41) is 3.47. The third-order valence-electron chi connectivity index (χ3n) is 6.74. The Morgan fingerprint density at radius 3 is 2.63 bits per heavy atom. The van der Waals surface area contributed by atoms with Crippen LogP contribution in [0.1, 0.15) is 44.9 Å². The number of anilines is 2. The van der Waals surface area contributed by atoms with Crippen molar-refractivity contribution in [2.75, 3.05) is 12.4 Å². The van der Waals surface area contributed by atoms with Crippen molar-refractivity contribution in [2.45, 2.75) is 42.1 Å². The maximum atomic E-state index is 13.0. The molecule has 0 spiro atoms. The van der Waals surface area contributed by atoms with E-state index < -0.39 is 31.7 Å². The van der Waals surface area contributed by atoms with Crippen molar-refractivity contribution in [1.82, 2.24) is 15.0 Å². The van der Waals surface area contributed by atoms with E-state index in [-0.39, 0.29) is 11.6 Å². The monoisotopic (exact) mass is 603 g/mol. The van der Waals surface area contributed by atoms with Gasteiger partial charge in [-0.15, -0.1) is 11.3 Å². The Labute approximate surface area is 237 Å². The maximum absolute atomic E-state index is 13.0. The molecule has 0 radical (unpaired) electrons. The van der Waals surface area contributed by atoms with E-state index >= 15 is 0 Å². The van der Waals surface area contributed by atoms with Gasteiger partial charge in [-0.1, -0.05) is 6.07 Å². The van der Waals surface area contributed by atoms with Crippen LogP contribution in [0, 0.1) is 6.92 Å². The number of hydrogen-bond donors (Lipinski definition) is 2. The van der Waals surface area contributed by atoms with Crippen LogP contribution in [-0.4, -0.2) is 42.0 Å². The number of methoxy groups -OCH3 is 1. The van der Waals surface area contributed by atoms with E-state index in [1.165, 1.54) is 18.4 Å². The average molecular weight is 604 g/mol. The van der Waals surface area contributed by atoms with Crippen LogP contribution < -0.4 is 11.1 Å². The molecule has 9 nitrogen and oxygen atoms in total. The molecule has 214 valence electrons. The van der Waals surface area contributed by atoms with Crippen LogP contribution >= 0.6 is 11.3 Å². The Morgan fingerprint density at radius 1 is 1.12 bits per heavy atom. The molecule has 0 bridgehead atoms. The van der Waals surface area contributed by atoms with Gasteiger partial charge in [0.05, 0.1) is 33.7 Å². The molecule has 0 fully saturated rings. The zero-order valence-corrected chi connectivity index (χ0v) is 23.5. The number of carbonyl (C=O) groups is 1. The van der Waals surface area contributed by atoms with Gasteiger partial charge in [-0.2, -0.15) is 13.2 Å². The molecule has 1 unspecified atom stereocenters. The molecule has 1 aliphatic rings. The number of nitrogens with two attached hydrogens (primary N) is 1. The third kappa shape index (κ3) is 5.42. The predicted octanol–water partition coefficient (Wildman–Crippen LogP) is 5.27. The number of pyridine rings is 2. The first kappa shape index (κ1) is 28.6. The van der Waals surface area contributed by atoms with Crippen LogP contribution in [0.2, 0.25) is 0 Å². The summed E-state index contributed by atoms with van der Waals surface area (Å²) in [4.78, 5) is 24.9. The number of fused-ring (bicyclic) bond motifs is 1. The second kappa shape index (κ2) is 10.5. The molecule has 3 heterocycles. The molecule has 3 N–H and O–H groups in total. The first-order valence-electron chi connectivity index (χ1n) is 12.3. The molecule has 1 aromatic carbocycles. The molecular weight excluding hydrogens is 579 g/mol. The highest BCUT2D eigenvalue weighted by atomic mass is 32.2. The normalized spacial score (nSPS) is 17.1. The predicted molar refractivity (Wildman–Crippen MR) is 147 cm³/mol. The molecule has 0 saturated carbocycles. The smallest absolute Gasteiger partial charge is 0.465 e. The number of carbonyl (C=O) groups excluding carboxylic acids is 1. The number of halogens is 3. The molecule has 0 aliphatic heterocycles. The molecule has 5 rings (SSSR count). The lowest BCUT2D eigenvalue weighted by molar-refractivity contribution is -0.0436. The molecule has 41 heavy (non-hydrogen) atoms. The number of nitrogens with zero attached hydrogens (tertiary/aromatic N) is 3. The van der Waals surface area contributed by atoms with E-state index in [0.29, 0.717) is 27.6 Å². The van der Waals surface area contributed by atoms with Crippen LogP contribution in [0.4, 0.5) is 24.8 Å². The highest BCUT2D eigenvalue weighted by molar-refractivity contribution is 7.92. The molecular formula is C27H24F3N5O4S2. The summed E-state index contributed by atoms with van der Waals surface area (Å²) in [7, 11) is -4.20. The van der Waals surface area contributed by atoms with Crippen LogP contribution in [0.25, 0.3) is 10.6 Å². The van der Waals surface area contributed by atoms with Gasteiger partial charge in [0.15, 0.2) is 0 Å². The number of aromatic nitrogens is 3. The molecule has 14 heteroatoms. The molecule has 3 aromatic heterocycles. The van der Waals surface area contributed by atoms with Gasteiger partial charge in [0, 0.05) is 12.4 Å². The fourth-order valence-electron chi connectivity index (χ4n) is 4.76. The number of alkyl halides is 3. The molecule has 0 saturated heterocycles. The number of hydrogen-bond acceptors (Lipinski definition) is 10. The van der Waals surface area contributed by atoms with Gasteiger partial charge in [-0.3, -0.25) is 0 Å². The summed E-state index contributed by atoms with van der Waals surface area (Å²) in [6, 6.07) is 10.4.